The van der Waals surface area contributed by atoms with Gasteiger partial charge in [-0.1, -0.05) is 11.3 Å². The molecule has 1 saturated heterocycles. The highest BCUT2D eigenvalue weighted by atomic mass is 32.1. The quantitative estimate of drug-likeness (QED) is 0.527. The number of amidine groups is 1. The van der Waals surface area contributed by atoms with Gasteiger partial charge in [-0.15, -0.1) is 0 Å². The number of anilines is 3. The second-order valence-electron chi connectivity index (χ2n) is 8.82. The predicted molar refractivity (Wildman–Crippen MR) is 139 cm³/mol. The average Bonchev–Trinajstić information content (AvgIpc) is 3.30. The molecule has 0 radical (unpaired) electrons. The Morgan fingerprint density at radius 3 is 2.69 bits per heavy atom. The number of hydrogen-bond donors (Lipinski definition) is 2. The number of aliphatic hydroxyl groups is 1. The molecular weight excluding hydrogens is 481 g/mol. The molecule has 3 aromatic rings. The SMILES string of the molecule is CN(C1=Nc2sc(Nc3cc(CN4CCN(C(=O)CO)CC4)ccn3)nc2CC1)c1ccc(F)cc1. The lowest BCUT2D eigenvalue weighted by molar-refractivity contribution is -0.135. The van der Waals surface area contributed by atoms with Crippen LogP contribution < -0.4 is 10.2 Å². The minimum Gasteiger partial charge on any atom is -0.387 e. The van der Waals surface area contributed by atoms with Gasteiger partial charge < -0.3 is 20.2 Å². The Morgan fingerprint density at radius 2 is 1.94 bits per heavy atom. The van der Waals surface area contributed by atoms with Crippen molar-refractivity contribution >= 4 is 44.7 Å². The van der Waals surface area contributed by atoms with Crippen LogP contribution in [-0.2, 0) is 17.8 Å². The maximum atomic E-state index is 13.3. The van der Waals surface area contributed by atoms with Crippen LogP contribution in [0, 0.1) is 5.82 Å². The zero-order valence-electron chi connectivity index (χ0n) is 20.0. The molecule has 2 N–H and O–H groups in total. The first-order valence-corrected chi connectivity index (χ1v) is 12.7. The molecule has 11 heteroatoms. The van der Waals surface area contributed by atoms with E-state index in [1.165, 1.54) is 23.5 Å². The molecule has 1 aromatic carbocycles. The largest absolute Gasteiger partial charge is 0.387 e. The number of thiazole rings is 1. The van der Waals surface area contributed by atoms with Gasteiger partial charge in [0.2, 0.25) is 5.91 Å². The van der Waals surface area contributed by atoms with E-state index in [-0.39, 0.29) is 11.7 Å². The second-order valence-corrected chi connectivity index (χ2v) is 9.80. The second kappa shape index (κ2) is 10.7. The number of piperazine rings is 1. The number of nitrogens with zero attached hydrogens (tertiary/aromatic N) is 6. The molecular formula is C25H28FN7O2S. The van der Waals surface area contributed by atoms with Crippen molar-refractivity contribution in [2.24, 2.45) is 4.99 Å². The van der Waals surface area contributed by atoms with E-state index in [1.807, 2.05) is 24.1 Å². The molecule has 36 heavy (non-hydrogen) atoms. The molecule has 0 bridgehead atoms. The number of aliphatic hydroxyl groups excluding tert-OH is 1. The van der Waals surface area contributed by atoms with Gasteiger partial charge in [0.1, 0.15) is 29.1 Å². The number of aliphatic imine (C=N–C) groups is 1. The number of carbonyl (C=O) groups is 1. The minimum atomic E-state index is -0.433. The van der Waals surface area contributed by atoms with Crippen molar-refractivity contribution in [2.75, 3.05) is 50.1 Å². The number of benzene rings is 1. The van der Waals surface area contributed by atoms with E-state index >= 15 is 0 Å². The Bertz CT molecular complexity index is 1260. The smallest absolute Gasteiger partial charge is 0.248 e. The van der Waals surface area contributed by atoms with E-state index in [0.29, 0.717) is 13.1 Å². The normalized spacial score (nSPS) is 15.9. The van der Waals surface area contributed by atoms with Gasteiger partial charge in [0.15, 0.2) is 5.13 Å². The highest BCUT2D eigenvalue weighted by Gasteiger charge is 2.22. The van der Waals surface area contributed by atoms with Crippen LogP contribution in [0.5, 0.6) is 0 Å². The number of carbonyl (C=O) groups excluding carboxylic acids is 1. The lowest BCUT2D eigenvalue weighted by Crippen LogP contribution is -2.49. The molecule has 1 fully saturated rings. The Hall–Kier alpha value is -3.41. The van der Waals surface area contributed by atoms with Gasteiger partial charge in [-0.3, -0.25) is 9.69 Å². The van der Waals surface area contributed by atoms with E-state index in [4.69, 9.17) is 15.1 Å². The number of rotatable bonds is 6. The number of aryl methyl sites for hydroxylation is 1. The number of nitrogens with one attached hydrogen (secondary N) is 1. The van der Waals surface area contributed by atoms with Gasteiger partial charge >= 0.3 is 0 Å². The topological polar surface area (TPSA) is 97.2 Å². The summed E-state index contributed by atoms with van der Waals surface area (Å²) in [6, 6.07) is 10.4. The summed E-state index contributed by atoms with van der Waals surface area (Å²) in [6.07, 6.45) is 3.33. The van der Waals surface area contributed by atoms with Crippen LogP contribution in [0.4, 0.5) is 26.0 Å². The third kappa shape index (κ3) is 5.53. The molecule has 1 amide bonds. The molecule has 188 valence electrons. The highest BCUT2D eigenvalue weighted by molar-refractivity contribution is 7.19. The van der Waals surface area contributed by atoms with Gasteiger partial charge in [-0.25, -0.2) is 19.4 Å². The molecule has 4 heterocycles. The summed E-state index contributed by atoms with van der Waals surface area (Å²) in [5.74, 6) is 1.17. The predicted octanol–water partition coefficient (Wildman–Crippen LogP) is 3.17. The van der Waals surface area contributed by atoms with E-state index in [9.17, 15) is 9.18 Å². The van der Waals surface area contributed by atoms with Crippen molar-refractivity contribution in [1.29, 1.82) is 0 Å². The fourth-order valence-electron chi connectivity index (χ4n) is 4.37. The Balaban J connectivity index is 1.22. The first-order valence-electron chi connectivity index (χ1n) is 11.9. The number of aromatic nitrogens is 2. The van der Waals surface area contributed by atoms with Crippen molar-refractivity contribution in [1.82, 2.24) is 19.8 Å². The van der Waals surface area contributed by atoms with Crippen LogP contribution in [-0.4, -0.2) is 76.5 Å². The summed E-state index contributed by atoms with van der Waals surface area (Å²) >= 11 is 1.49. The Labute approximate surface area is 212 Å². The van der Waals surface area contributed by atoms with Crippen molar-refractivity contribution < 1.29 is 14.3 Å². The lowest BCUT2D eigenvalue weighted by Gasteiger charge is -2.34. The van der Waals surface area contributed by atoms with Gasteiger partial charge in [0, 0.05) is 58.1 Å². The van der Waals surface area contributed by atoms with Crippen LogP contribution in [0.25, 0.3) is 0 Å². The molecule has 0 aliphatic carbocycles. The van der Waals surface area contributed by atoms with E-state index in [0.717, 1.165) is 71.2 Å². The lowest BCUT2D eigenvalue weighted by atomic mass is 10.1. The fourth-order valence-corrected chi connectivity index (χ4v) is 5.28. The van der Waals surface area contributed by atoms with Crippen molar-refractivity contribution in [3.8, 4) is 0 Å². The summed E-state index contributed by atoms with van der Waals surface area (Å²) in [4.78, 5) is 31.6. The first kappa shape index (κ1) is 24.3. The molecule has 0 atom stereocenters. The summed E-state index contributed by atoms with van der Waals surface area (Å²) in [5, 5.41) is 14.0. The Morgan fingerprint density at radius 1 is 1.17 bits per heavy atom. The zero-order valence-corrected chi connectivity index (χ0v) is 20.8. The molecule has 0 unspecified atom stereocenters. The maximum absolute atomic E-state index is 13.3. The van der Waals surface area contributed by atoms with Gasteiger partial charge in [-0.05, 0) is 48.4 Å². The molecule has 0 saturated carbocycles. The van der Waals surface area contributed by atoms with Crippen LogP contribution in [0.3, 0.4) is 0 Å². The van der Waals surface area contributed by atoms with Crippen LogP contribution in [0.15, 0.2) is 47.6 Å². The van der Waals surface area contributed by atoms with Gasteiger partial charge in [0.25, 0.3) is 0 Å². The summed E-state index contributed by atoms with van der Waals surface area (Å²) in [7, 11) is 1.94. The van der Waals surface area contributed by atoms with Crippen LogP contribution >= 0.6 is 11.3 Å². The molecule has 5 rings (SSSR count). The highest BCUT2D eigenvalue weighted by Crippen LogP contribution is 2.37. The summed E-state index contributed by atoms with van der Waals surface area (Å²) in [5.41, 5.74) is 2.98. The van der Waals surface area contributed by atoms with Crippen molar-refractivity contribution in [3.63, 3.8) is 0 Å². The third-order valence-corrected chi connectivity index (χ3v) is 7.33. The molecule has 2 aromatic heterocycles. The summed E-state index contributed by atoms with van der Waals surface area (Å²) < 4.78 is 13.3. The number of halogens is 1. The van der Waals surface area contributed by atoms with E-state index in [2.05, 4.69) is 15.2 Å². The number of fused-ring (bicyclic) bond motifs is 1. The van der Waals surface area contributed by atoms with E-state index < -0.39 is 6.61 Å². The van der Waals surface area contributed by atoms with Crippen molar-refractivity contribution in [3.05, 3.63) is 59.7 Å². The molecule has 2 aliphatic rings. The fraction of sp³-hybridized carbons (Fsp3) is 0.360. The molecule has 0 spiro atoms. The standard InChI is InChI=1S/C25H28FN7O2S/c1-31(19-4-2-18(26)3-5-19)22-7-6-20-24(30-22)36-25(28-20)29-21-14-17(8-9-27-21)15-32-10-12-33(13-11-32)23(35)16-34/h2-5,8-9,14,34H,6-7,10-13,15-16H2,1H3,(H,27,28,29). The minimum absolute atomic E-state index is 0.213. The third-order valence-electron chi connectivity index (χ3n) is 6.42. The van der Waals surface area contributed by atoms with Crippen molar-refractivity contribution in [2.45, 2.75) is 19.4 Å². The molecule has 9 nitrogen and oxygen atoms in total. The molecule has 2 aliphatic heterocycles. The summed E-state index contributed by atoms with van der Waals surface area (Å²) in [6.45, 7) is 3.11. The van der Waals surface area contributed by atoms with Gasteiger partial charge in [0.05, 0.1) is 5.69 Å². The van der Waals surface area contributed by atoms with Crippen LogP contribution in [0.1, 0.15) is 17.7 Å². The number of pyridine rings is 1. The zero-order chi connectivity index (χ0) is 25.1. The van der Waals surface area contributed by atoms with E-state index in [1.54, 1.807) is 23.2 Å². The maximum Gasteiger partial charge on any atom is 0.248 e. The number of hydrogen-bond acceptors (Lipinski definition) is 9. The Kier molecular flexibility index (Phi) is 7.21. The number of amides is 1. The van der Waals surface area contributed by atoms with Gasteiger partial charge in [-0.2, -0.15) is 0 Å². The monoisotopic (exact) mass is 509 g/mol. The average molecular weight is 510 g/mol. The first-order chi connectivity index (χ1) is 17.5. The van der Waals surface area contributed by atoms with Crippen LogP contribution in [0.2, 0.25) is 0 Å².